The third-order valence-electron chi connectivity index (χ3n) is 1.77. The van der Waals surface area contributed by atoms with Crippen molar-refractivity contribution in [1.29, 1.82) is 0 Å². The van der Waals surface area contributed by atoms with Crippen molar-refractivity contribution in [3.63, 3.8) is 0 Å². The fraction of sp³-hybridized carbons (Fsp3) is 0.333. The van der Waals surface area contributed by atoms with Gasteiger partial charge in [-0.2, -0.15) is 0 Å². The predicted octanol–water partition coefficient (Wildman–Crippen LogP) is 3.97. The third kappa shape index (κ3) is 2.91. The van der Waals surface area contributed by atoms with Crippen molar-refractivity contribution in [3.8, 4) is 0 Å². The maximum atomic E-state index is 3.70. The van der Waals surface area contributed by atoms with Crippen LogP contribution < -0.4 is 0 Å². The summed E-state index contributed by atoms with van der Waals surface area (Å²) in [6, 6.07) is 6.34. The van der Waals surface area contributed by atoms with E-state index in [9.17, 15) is 0 Å². The molecule has 0 aromatic heterocycles. The lowest BCUT2D eigenvalue weighted by atomic mass is 10.1. The van der Waals surface area contributed by atoms with Crippen molar-refractivity contribution >= 4 is 6.08 Å². The minimum atomic E-state index is 1.20. The summed E-state index contributed by atoms with van der Waals surface area (Å²) in [4.78, 5) is 0. The molecule has 0 spiro atoms. The summed E-state index contributed by atoms with van der Waals surface area (Å²) in [6.07, 6.45) is 1.87. The zero-order chi connectivity index (χ0) is 9.56. The quantitative estimate of drug-likeness (QED) is 0.586. The monoisotopic (exact) mass is 162 g/mol. The van der Waals surface area contributed by atoms with Crippen LogP contribution in [0.25, 0.3) is 6.08 Å². The Labute approximate surface area is 75.9 Å². The zero-order valence-corrected chi connectivity index (χ0v) is 8.52. The van der Waals surface area contributed by atoms with Crippen LogP contribution in [0, 0.1) is 13.8 Å². The van der Waals surface area contributed by atoms with Gasteiger partial charge in [-0.25, -0.2) is 0 Å². The predicted molar refractivity (Wildman–Crippen MR) is 57.4 cm³/mol. The Kier molecular flexibility index (Phi) is 5.11. The molecule has 0 saturated heterocycles. The molecule has 1 aromatic rings. The van der Waals surface area contributed by atoms with E-state index >= 15 is 0 Å². The molecule has 0 aliphatic rings. The highest BCUT2D eigenvalue weighted by Gasteiger charge is 1.90. The van der Waals surface area contributed by atoms with Crippen molar-refractivity contribution in [1.82, 2.24) is 0 Å². The molecule has 0 saturated carbocycles. The van der Waals surface area contributed by atoms with Crippen LogP contribution in [0.4, 0.5) is 0 Å². The minimum Gasteiger partial charge on any atom is -0.0985 e. The summed E-state index contributed by atoms with van der Waals surface area (Å²) >= 11 is 0. The number of rotatable bonds is 1. The van der Waals surface area contributed by atoms with E-state index in [1.807, 2.05) is 19.9 Å². The first-order chi connectivity index (χ1) is 5.74. The van der Waals surface area contributed by atoms with Gasteiger partial charge in [-0.05, 0) is 30.5 Å². The Morgan fingerprint density at radius 2 is 1.67 bits per heavy atom. The standard InChI is InChI=1S/C10H12.C2H6/c1-4-10-6-5-8(2)9(3)7-10;1-2/h4-7H,1H2,2-3H3;1-2H3. The molecule has 0 atom stereocenters. The molecule has 0 bridgehead atoms. The minimum absolute atomic E-state index is 1.20. The molecular weight excluding hydrogens is 144 g/mol. The molecule has 0 aliphatic heterocycles. The normalized spacial score (nSPS) is 8.33. The van der Waals surface area contributed by atoms with Crippen molar-refractivity contribution in [2.24, 2.45) is 0 Å². The third-order valence-corrected chi connectivity index (χ3v) is 1.77. The highest BCUT2D eigenvalue weighted by Crippen LogP contribution is 2.09. The van der Waals surface area contributed by atoms with Crippen LogP contribution in [0.1, 0.15) is 30.5 Å². The topological polar surface area (TPSA) is 0 Å². The Balaban J connectivity index is 0.000000561. The van der Waals surface area contributed by atoms with Crippen molar-refractivity contribution in [2.75, 3.05) is 0 Å². The maximum absolute atomic E-state index is 3.70. The molecule has 0 fully saturated rings. The first kappa shape index (κ1) is 11.0. The number of aryl methyl sites for hydroxylation is 2. The van der Waals surface area contributed by atoms with Crippen LogP contribution in [0.3, 0.4) is 0 Å². The van der Waals surface area contributed by atoms with Crippen LogP contribution >= 0.6 is 0 Å². The zero-order valence-electron chi connectivity index (χ0n) is 8.52. The Morgan fingerprint density at radius 1 is 1.08 bits per heavy atom. The summed E-state index contributed by atoms with van der Waals surface area (Å²) in [7, 11) is 0. The summed E-state index contributed by atoms with van der Waals surface area (Å²) < 4.78 is 0. The van der Waals surface area contributed by atoms with Crippen LogP contribution in [-0.4, -0.2) is 0 Å². The van der Waals surface area contributed by atoms with Crippen molar-refractivity contribution in [3.05, 3.63) is 41.5 Å². The number of benzene rings is 1. The van der Waals surface area contributed by atoms with Crippen molar-refractivity contribution in [2.45, 2.75) is 27.7 Å². The molecule has 0 amide bonds. The Morgan fingerprint density at radius 3 is 2.08 bits per heavy atom. The van der Waals surface area contributed by atoms with Gasteiger partial charge in [0.15, 0.2) is 0 Å². The van der Waals surface area contributed by atoms with E-state index in [1.165, 1.54) is 16.7 Å². The van der Waals surface area contributed by atoms with Crippen LogP contribution in [0.15, 0.2) is 24.8 Å². The molecule has 0 heterocycles. The fourth-order valence-corrected chi connectivity index (χ4v) is 0.892. The Hall–Kier alpha value is -1.04. The van der Waals surface area contributed by atoms with Gasteiger partial charge < -0.3 is 0 Å². The second-order valence-electron chi connectivity index (χ2n) is 2.55. The number of hydrogen-bond acceptors (Lipinski definition) is 0. The van der Waals surface area contributed by atoms with Gasteiger partial charge in [0.1, 0.15) is 0 Å². The lowest BCUT2D eigenvalue weighted by molar-refractivity contribution is 1.33. The molecule has 0 N–H and O–H groups in total. The van der Waals surface area contributed by atoms with Gasteiger partial charge in [-0.15, -0.1) is 0 Å². The number of hydrogen-bond donors (Lipinski definition) is 0. The molecule has 66 valence electrons. The highest BCUT2D eigenvalue weighted by molar-refractivity contribution is 5.49. The van der Waals surface area contributed by atoms with E-state index in [-0.39, 0.29) is 0 Å². The molecule has 1 aromatic carbocycles. The van der Waals surface area contributed by atoms with Gasteiger partial charge in [0.25, 0.3) is 0 Å². The average molecular weight is 162 g/mol. The largest absolute Gasteiger partial charge is 0.0985 e. The summed E-state index contributed by atoms with van der Waals surface area (Å²) in [5.74, 6) is 0. The van der Waals surface area contributed by atoms with E-state index in [1.54, 1.807) is 0 Å². The van der Waals surface area contributed by atoms with Gasteiger partial charge in [0, 0.05) is 0 Å². The molecule has 12 heavy (non-hydrogen) atoms. The van der Waals surface area contributed by atoms with E-state index in [2.05, 4.69) is 38.6 Å². The molecule has 1 rings (SSSR count). The van der Waals surface area contributed by atoms with Crippen LogP contribution in [0.5, 0.6) is 0 Å². The van der Waals surface area contributed by atoms with Crippen molar-refractivity contribution < 1.29 is 0 Å². The fourth-order valence-electron chi connectivity index (χ4n) is 0.892. The van der Waals surface area contributed by atoms with E-state index in [0.717, 1.165) is 0 Å². The second kappa shape index (κ2) is 5.59. The molecule has 0 aliphatic carbocycles. The lowest BCUT2D eigenvalue weighted by Gasteiger charge is -1.99. The van der Waals surface area contributed by atoms with Gasteiger partial charge in [-0.1, -0.05) is 44.7 Å². The van der Waals surface area contributed by atoms with Gasteiger partial charge in [0.05, 0.1) is 0 Å². The summed E-state index contributed by atoms with van der Waals surface area (Å²) in [6.45, 7) is 11.9. The first-order valence-corrected chi connectivity index (χ1v) is 4.43. The maximum Gasteiger partial charge on any atom is -0.0260 e. The highest BCUT2D eigenvalue weighted by atomic mass is 14.0. The van der Waals surface area contributed by atoms with Gasteiger partial charge >= 0.3 is 0 Å². The smallest absolute Gasteiger partial charge is 0.0260 e. The van der Waals surface area contributed by atoms with Gasteiger partial charge in [0.2, 0.25) is 0 Å². The average Bonchev–Trinajstić information content (AvgIpc) is 2.13. The van der Waals surface area contributed by atoms with E-state index in [4.69, 9.17) is 0 Å². The molecule has 0 nitrogen and oxygen atoms in total. The molecule has 0 radical (unpaired) electrons. The first-order valence-electron chi connectivity index (χ1n) is 4.43. The van der Waals surface area contributed by atoms with Crippen LogP contribution in [0.2, 0.25) is 0 Å². The molecule has 0 heteroatoms. The summed E-state index contributed by atoms with van der Waals surface area (Å²) in [5, 5.41) is 0. The van der Waals surface area contributed by atoms with E-state index in [0.29, 0.717) is 0 Å². The van der Waals surface area contributed by atoms with E-state index < -0.39 is 0 Å². The van der Waals surface area contributed by atoms with Gasteiger partial charge in [-0.3, -0.25) is 0 Å². The SMILES string of the molecule is C=Cc1ccc(C)c(C)c1.CC. The van der Waals surface area contributed by atoms with Crippen LogP contribution in [-0.2, 0) is 0 Å². The summed E-state index contributed by atoms with van der Waals surface area (Å²) in [5.41, 5.74) is 3.87. The molecule has 0 unspecified atom stereocenters. The Bertz CT molecular complexity index is 246. The molecular formula is C12H18. The second-order valence-corrected chi connectivity index (χ2v) is 2.55. The lowest BCUT2D eigenvalue weighted by Crippen LogP contribution is -1.80.